The van der Waals surface area contributed by atoms with E-state index in [1.807, 2.05) is 60.8 Å². The van der Waals surface area contributed by atoms with Gasteiger partial charge in [-0.25, -0.2) is 4.79 Å². The molecule has 3 aromatic carbocycles. The highest BCUT2D eigenvalue weighted by molar-refractivity contribution is 6.30. The van der Waals surface area contributed by atoms with Gasteiger partial charge in [-0.15, -0.1) is 0 Å². The standard InChI is InChI=1S/C27H23ClN2O3/c28-23-8-13-26(14-9-23)33-25-11-4-20(5-12-25)16-29-17-21-3-10-24(30-18-21)15-19-1-6-22(7-2-19)27(31)32/h1-14,18,29H,15-17H2,(H,31,32). The summed E-state index contributed by atoms with van der Waals surface area (Å²) in [6, 6.07) is 26.2. The summed E-state index contributed by atoms with van der Waals surface area (Å²) >= 11 is 5.90. The highest BCUT2D eigenvalue weighted by Crippen LogP contribution is 2.23. The molecule has 4 rings (SSSR count). The van der Waals surface area contributed by atoms with Crippen molar-refractivity contribution in [1.29, 1.82) is 0 Å². The number of benzene rings is 3. The van der Waals surface area contributed by atoms with Crippen LogP contribution >= 0.6 is 11.6 Å². The molecule has 0 unspecified atom stereocenters. The Kier molecular flexibility index (Phi) is 7.35. The van der Waals surface area contributed by atoms with E-state index in [-0.39, 0.29) is 5.56 Å². The molecule has 0 saturated heterocycles. The van der Waals surface area contributed by atoms with Crippen LogP contribution in [0.1, 0.15) is 32.7 Å². The Hall–Kier alpha value is -3.67. The number of nitrogens with one attached hydrogen (secondary N) is 1. The van der Waals surface area contributed by atoms with Crippen LogP contribution < -0.4 is 10.1 Å². The third-order valence-corrected chi connectivity index (χ3v) is 5.36. The number of carboxylic acids is 1. The Morgan fingerprint density at radius 2 is 1.36 bits per heavy atom. The van der Waals surface area contributed by atoms with E-state index >= 15 is 0 Å². The zero-order valence-corrected chi connectivity index (χ0v) is 18.6. The summed E-state index contributed by atoms with van der Waals surface area (Å²) in [5.41, 5.74) is 4.52. The van der Waals surface area contributed by atoms with Crippen molar-refractivity contribution in [1.82, 2.24) is 10.3 Å². The van der Waals surface area contributed by atoms with Crippen molar-refractivity contribution in [2.24, 2.45) is 0 Å². The number of pyridine rings is 1. The van der Waals surface area contributed by atoms with Crippen molar-refractivity contribution < 1.29 is 14.6 Å². The number of nitrogens with zero attached hydrogens (tertiary/aromatic N) is 1. The molecule has 0 spiro atoms. The molecule has 4 aromatic rings. The molecule has 0 amide bonds. The predicted molar refractivity (Wildman–Crippen MR) is 129 cm³/mol. The summed E-state index contributed by atoms with van der Waals surface area (Å²) < 4.78 is 5.82. The first-order valence-corrected chi connectivity index (χ1v) is 10.9. The minimum Gasteiger partial charge on any atom is -0.478 e. The van der Waals surface area contributed by atoms with Gasteiger partial charge in [0.25, 0.3) is 0 Å². The monoisotopic (exact) mass is 458 g/mol. The molecule has 5 nitrogen and oxygen atoms in total. The van der Waals surface area contributed by atoms with Gasteiger partial charge < -0.3 is 15.2 Å². The van der Waals surface area contributed by atoms with Gasteiger partial charge in [0.05, 0.1) is 5.56 Å². The maximum absolute atomic E-state index is 10.9. The molecular weight excluding hydrogens is 436 g/mol. The summed E-state index contributed by atoms with van der Waals surface area (Å²) in [6.45, 7) is 1.45. The molecule has 33 heavy (non-hydrogen) atoms. The molecule has 0 fully saturated rings. The van der Waals surface area contributed by atoms with E-state index in [2.05, 4.69) is 16.4 Å². The SMILES string of the molecule is O=C(O)c1ccc(Cc2ccc(CNCc3ccc(Oc4ccc(Cl)cc4)cc3)cn2)cc1. The van der Waals surface area contributed by atoms with Crippen molar-refractivity contribution in [3.8, 4) is 11.5 Å². The first kappa shape index (κ1) is 22.5. The topological polar surface area (TPSA) is 71.5 Å². The van der Waals surface area contributed by atoms with Crippen molar-refractivity contribution in [2.75, 3.05) is 0 Å². The van der Waals surface area contributed by atoms with Crippen LogP contribution in [0, 0.1) is 0 Å². The summed E-state index contributed by atoms with van der Waals surface area (Å²) in [5.74, 6) is 0.607. The summed E-state index contributed by atoms with van der Waals surface area (Å²) in [5, 5.41) is 13.1. The number of carbonyl (C=O) groups is 1. The number of rotatable bonds is 9. The van der Waals surface area contributed by atoms with Crippen LogP contribution in [0.3, 0.4) is 0 Å². The third-order valence-electron chi connectivity index (χ3n) is 5.10. The lowest BCUT2D eigenvalue weighted by atomic mass is 10.1. The molecule has 166 valence electrons. The number of halogens is 1. The molecule has 0 aliphatic carbocycles. The fourth-order valence-corrected chi connectivity index (χ4v) is 3.43. The molecular formula is C27H23ClN2O3. The normalized spacial score (nSPS) is 10.7. The Labute approximate surface area is 197 Å². The molecule has 0 saturated carbocycles. The lowest BCUT2D eigenvalue weighted by Gasteiger charge is -2.09. The van der Waals surface area contributed by atoms with Crippen molar-refractivity contribution in [2.45, 2.75) is 19.5 Å². The van der Waals surface area contributed by atoms with Crippen molar-refractivity contribution in [3.05, 3.63) is 124 Å². The number of hydrogen-bond donors (Lipinski definition) is 2. The van der Waals surface area contributed by atoms with Crippen molar-refractivity contribution >= 4 is 17.6 Å². The van der Waals surface area contributed by atoms with Crippen LogP contribution in [-0.2, 0) is 19.5 Å². The number of aromatic carboxylic acids is 1. The minimum absolute atomic E-state index is 0.289. The van der Waals surface area contributed by atoms with Crippen LogP contribution in [0.5, 0.6) is 11.5 Å². The van der Waals surface area contributed by atoms with E-state index in [0.717, 1.165) is 40.4 Å². The van der Waals surface area contributed by atoms with Gasteiger partial charge in [-0.1, -0.05) is 41.9 Å². The Morgan fingerprint density at radius 3 is 1.97 bits per heavy atom. The smallest absolute Gasteiger partial charge is 0.335 e. The van der Waals surface area contributed by atoms with E-state index < -0.39 is 5.97 Å². The van der Waals surface area contributed by atoms with Crippen molar-refractivity contribution in [3.63, 3.8) is 0 Å². The molecule has 0 radical (unpaired) electrons. The van der Waals surface area contributed by atoms with E-state index in [1.54, 1.807) is 24.3 Å². The minimum atomic E-state index is -0.918. The number of carboxylic acid groups (broad SMARTS) is 1. The maximum Gasteiger partial charge on any atom is 0.335 e. The van der Waals surface area contributed by atoms with E-state index in [4.69, 9.17) is 21.4 Å². The molecule has 2 N–H and O–H groups in total. The van der Waals surface area contributed by atoms with E-state index in [0.29, 0.717) is 18.0 Å². The van der Waals surface area contributed by atoms with Gasteiger partial charge in [0.2, 0.25) is 0 Å². The average molecular weight is 459 g/mol. The number of ether oxygens (including phenoxy) is 1. The fourth-order valence-electron chi connectivity index (χ4n) is 3.30. The number of hydrogen-bond acceptors (Lipinski definition) is 4. The average Bonchev–Trinajstić information content (AvgIpc) is 2.83. The Morgan fingerprint density at radius 1 is 0.788 bits per heavy atom. The lowest BCUT2D eigenvalue weighted by molar-refractivity contribution is 0.0697. The van der Waals surface area contributed by atoms with E-state index in [9.17, 15) is 4.79 Å². The van der Waals surface area contributed by atoms with Crippen LogP contribution in [0.2, 0.25) is 5.02 Å². The predicted octanol–water partition coefficient (Wildman–Crippen LogP) is 6.11. The summed E-state index contributed by atoms with van der Waals surface area (Å²) in [4.78, 5) is 15.5. The molecule has 0 aliphatic rings. The van der Waals surface area contributed by atoms with Gasteiger partial charge >= 0.3 is 5.97 Å². The highest BCUT2D eigenvalue weighted by Gasteiger charge is 2.04. The largest absolute Gasteiger partial charge is 0.478 e. The molecule has 6 heteroatoms. The molecule has 0 atom stereocenters. The zero-order valence-electron chi connectivity index (χ0n) is 17.9. The Bertz CT molecular complexity index is 1190. The zero-order chi connectivity index (χ0) is 23.0. The second-order valence-electron chi connectivity index (χ2n) is 7.64. The number of aromatic nitrogens is 1. The third kappa shape index (κ3) is 6.65. The van der Waals surface area contributed by atoms with Gasteiger partial charge in [0.1, 0.15) is 11.5 Å². The first-order chi connectivity index (χ1) is 16.0. The van der Waals surface area contributed by atoms with Gasteiger partial charge in [0, 0.05) is 36.4 Å². The molecule has 0 bridgehead atoms. The van der Waals surface area contributed by atoms with Gasteiger partial charge in [-0.3, -0.25) is 4.98 Å². The Balaban J connectivity index is 1.24. The first-order valence-electron chi connectivity index (χ1n) is 10.5. The van der Waals surface area contributed by atoms with Crippen LogP contribution in [-0.4, -0.2) is 16.1 Å². The lowest BCUT2D eigenvalue weighted by Crippen LogP contribution is -2.12. The van der Waals surface area contributed by atoms with Gasteiger partial charge in [0.15, 0.2) is 0 Å². The second kappa shape index (κ2) is 10.8. The maximum atomic E-state index is 10.9. The van der Waals surface area contributed by atoms with Gasteiger partial charge in [-0.05, 0) is 71.3 Å². The van der Waals surface area contributed by atoms with Crippen LogP contribution in [0.15, 0.2) is 91.1 Å². The molecule has 1 aromatic heterocycles. The molecule has 1 heterocycles. The highest BCUT2D eigenvalue weighted by atomic mass is 35.5. The van der Waals surface area contributed by atoms with Crippen LogP contribution in [0.4, 0.5) is 0 Å². The van der Waals surface area contributed by atoms with Crippen LogP contribution in [0.25, 0.3) is 0 Å². The summed E-state index contributed by atoms with van der Waals surface area (Å²) in [7, 11) is 0. The summed E-state index contributed by atoms with van der Waals surface area (Å²) in [6.07, 6.45) is 2.54. The second-order valence-corrected chi connectivity index (χ2v) is 8.08. The van der Waals surface area contributed by atoms with Gasteiger partial charge in [-0.2, -0.15) is 0 Å². The fraction of sp³-hybridized carbons (Fsp3) is 0.111. The van der Waals surface area contributed by atoms with E-state index in [1.165, 1.54) is 0 Å². The quantitative estimate of drug-likeness (QED) is 0.317. The molecule has 0 aliphatic heterocycles.